The minimum absolute atomic E-state index is 0.281. The molecule has 82 valence electrons. The number of hydrogen-bond acceptors (Lipinski definition) is 4. The summed E-state index contributed by atoms with van der Waals surface area (Å²) in [4.78, 5) is 5.38. The third-order valence-electron chi connectivity index (χ3n) is 2.85. The fourth-order valence-electron chi connectivity index (χ4n) is 1.76. The van der Waals surface area contributed by atoms with Crippen molar-refractivity contribution in [1.82, 2.24) is 4.98 Å². The molecule has 3 nitrogen and oxygen atoms in total. The lowest BCUT2D eigenvalue weighted by Gasteiger charge is -1.99. The topological polar surface area (TPSA) is 59.1 Å². The number of nitrogens with two attached hydrogens (primary N) is 1. The van der Waals surface area contributed by atoms with E-state index in [1.165, 1.54) is 0 Å². The van der Waals surface area contributed by atoms with Gasteiger partial charge in [-0.3, -0.25) is 0 Å². The molecule has 1 aliphatic carbocycles. The fraction of sp³-hybridized carbons (Fsp3) is 0.250. The van der Waals surface area contributed by atoms with E-state index in [9.17, 15) is 5.11 Å². The molecule has 0 radical (unpaired) electrons. The summed E-state index contributed by atoms with van der Waals surface area (Å²) in [6.07, 6.45) is 2.85. The molecule has 3 N–H and O–H groups in total. The average molecular weight is 232 g/mol. The first-order valence-electron chi connectivity index (χ1n) is 5.25. The van der Waals surface area contributed by atoms with Crippen molar-refractivity contribution in [2.45, 2.75) is 18.4 Å². The molecular formula is C12H12N2OS. The number of phenolic OH excluding ortho intramolecular Hbond substituents is 1. The van der Waals surface area contributed by atoms with Gasteiger partial charge in [0, 0.05) is 23.7 Å². The first kappa shape index (κ1) is 9.81. The number of rotatable bonds is 2. The Morgan fingerprint density at radius 2 is 2.12 bits per heavy atom. The number of aromatic nitrogens is 1. The maximum absolute atomic E-state index is 9.73. The van der Waals surface area contributed by atoms with Crippen molar-refractivity contribution in [2.75, 3.05) is 0 Å². The Hall–Kier alpha value is -1.39. The normalized spacial score (nSPS) is 23.3. The number of aromatic hydroxyl groups is 1. The van der Waals surface area contributed by atoms with Gasteiger partial charge in [-0.1, -0.05) is 12.1 Å². The molecule has 4 heteroatoms. The molecule has 0 saturated heterocycles. The Morgan fingerprint density at radius 3 is 2.81 bits per heavy atom. The van der Waals surface area contributed by atoms with E-state index in [2.05, 4.69) is 4.98 Å². The van der Waals surface area contributed by atoms with Crippen LogP contribution in [0.1, 0.15) is 17.3 Å². The van der Waals surface area contributed by atoms with Crippen LogP contribution in [0.3, 0.4) is 0 Å². The molecule has 0 aliphatic heterocycles. The molecule has 0 unspecified atom stereocenters. The van der Waals surface area contributed by atoms with Crippen LogP contribution in [-0.4, -0.2) is 16.1 Å². The quantitative estimate of drug-likeness (QED) is 0.835. The molecule has 2 aromatic rings. The Morgan fingerprint density at radius 1 is 1.38 bits per heavy atom. The Labute approximate surface area is 97.6 Å². The molecule has 1 saturated carbocycles. The first-order chi connectivity index (χ1) is 7.75. The van der Waals surface area contributed by atoms with Gasteiger partial charge in [-0.15, -0.1) is 11.3 Å². The van der Waals surface area contributed by atoms with Gasteiger partial charge >= 0.3 is 0 Å². The van der Waals surface area contributed by atoms with Gasteiger partial charge in [0.1, 0.15) is 5.75 Å². The molecule has 3 rings (SSSR count). The van der Waals surface area contributed by atoms with E-state index in [1.807, 2.05) is 24.4 Å². The van der Waals surface area contributed by atoms with Crippen molar-refractivity contribution >= 4 is 11.3 Å². The molecule has 0 amide bonds. The van der Waals surface area contributed by atoms with E-state index in [0.29, 0.717) is 11.7 Å². The number of nitrogens with zero attached hydrogens (tertiary/aromatic N) is 1. The Kier molecular flexibility index (Phi) is 2.19. The van der Waals surface area contributed by atoms with Gasteiger partial charge in [0.05, 0.1) is 9.88 Å². The predicted octanol–water partition coefficient (Wildman–Crippen LogP) is 2.33. The minimum atomic E-state index is 0.281. The molecule has 1 fully saturated rings. The van der Waals surface area contributed by atoms with Crippen molar-refractivity contribution in [3.63, 3.8) is 0 Å². The van der Waals surface area contributed by atoms with Crippen molar-refractivity contribution < 1.29 is 5.11 Å². The zero-order valence-corrected chi connectivity index (χ0v) is 9.45. The largest absolute Gasteiger partial charge is 0.507 e. The van der Waals surface area contributed by atoms with Crippen molar-refractivity contribution in [3.8, 4) is 16.2 Å². The molecule has 0 spiro atoms. The van der Waals surface area contributed by atoms with E-state index >= 15 is 0 Å². The lowest BCUT2D eigenvalue weighted by Crippen LogP contribution is -2.00. The Balaban J connectivity index is 1.95. The third kappa shape index (κ3) is 1.60. The first-order valence-corrected chi connectivity index (χ1v) is 6.07. The second-order valence-corrected chi connectivity index (χ2v) is 5.15. The van der Waals surface area contributed by atoms with Crippen LogP contribution >= 0.6 is 11.3 Å². The smallest absolute Gasteiger partial charge is 0.124 e. The number of phenols is 1. The summed E-state index contributed by atoms with van der Waals surface area (Å²) in [6.45, 7) is 0. The summed E-state index contributed by atoms with van der Waals surface area (Å²) in [5, 5.41) is 10.8. The number of para-hydroxylation sites is 1. The zero-order valence-electron chi connectivity index (χ0n) is 8.63. The van der Waals surface area contributed by atoms with Crippen LogP contribution in [0.15, 0.2) is 30.5 Å². The molecule has 1 aromatic heterocycles. The maximum Gasteiger partial charge on any atom is 0.124 e. The second kappa shape index (κ2) is 3.57. The highest BCUT2D eigenvalue weighted by atomic mass is 32.1. The minimum Gasteiger partial charge on any atom is -0.507 e. The van der Waals surface area contributed by atoms with Crippen molar-refractivity contribution in [1.29, 1.82) is 0 Å². The lowest BCUT2D eigenvalue weighted by molar-refractivity contribution is 0.477. The summed E-state index contributed by atoms with van der Waals surface area (Å²) in [7, 11) is 0. The summed E-state index contributed by atoms with van der Waals surface area (Å²) in [5.41, 5.74) is 6.64. The molecule has 0 bridgehead atoms. The average Bonchev–Trinajstić information content (AvgIpc) is 2.82. The van der Waals surface area contributed by atoms with Gasteiger partial charge < -0.3 is 10.8 Å². The van der Waals surface area contributed by atoms with Crippen LogP contribution in [0.4, 0.5) is 0 Å². The van der Waals surface area contributed by atoms with E-state index in [1.54, 1.807) is 17.4 Å². The van der Waals surface area contributed by atoms with Gasteiger partial charge in [0.15, 0.2) is 0 Å². The number of hydrogen-bond donors (Lipinski definition) is 2. The van der Waals surface area contributed by atoms with Gasteiger partial charge in [-0.05, 0) is 18.6 Å². The highest BCUT2D eigenvalue weighted by Crippen LogP contribution is 2.43. The van der Waals surface area contributed by atoms with Crippen LogP contribution in [0.5, 0.6) is 5.75 Å². The summed E-state index contributed by atoms with van der Waals surface area (Å²) in [6, 6.07) is 7.61. The third-order valence-corrected chi connectivity index (χ3v) is 4.01. The van der Waals surface area contributed by atoms with Gasteiger partial charge in [0.25, 0.3) is 0 Å². The van der Waals surface area contributed by atoms with Crippen LogP contribution in [0.25, 0.3) is 10.4 Å². The SMILES string of the molecule is N[C@H]1C[C@H]1c1ncc(-c2ccccc2O)s1. The number of benzene rings is 1. The van der Waals surface area contributed by atoms with E-state index in [-0.39, 0.29) is 6.04 Å². The van der Waals surface area contributed by atoms with Gasteiger partial charge in [-0.25, -0.2) is 4.98 Å². The summed E-state index contributed by atoms with van der Waals surface area (Å²) >= 11 is 1.62. The summed E-state index contributed by atoms with van der Waals surface area (Å²) < 4.78 is 0. The van der Waals surface area contributed by atoms with Crippen molar-refractivity contribution in [3.05, 3.63) is 35.5 Å². The molecule has 2 atom stereocenters. The molecular weight excluding hydrogens is 220 g/mol. The van der Waals surface area contributed by atoms with E-state index in [0.717, 1.165) is 21.9 Å². The van der Waals surface area contributed by atoms with Crippen LogP contribution in [0, 0.1) is 0 Å². The van der Waals surface area contributed by atoms with Crippen LogP contribution < -0.4 is 5.73 Å². The molecule has 1 aliphatic rings. The molecule has 1 aromatic carbocycles. The molecule has 1 heterocycles. The predicted molar refractivity (Wildman–Crippen MR) is 64.5 cm³/mol. The van der Waals surface area contributed by atoms with Gasteiger partial charge in [0.2, 0.25) is 0 Å². The monoisotopic (exact) mass is 232 g/mol. The lowest BCUT2D eigenvalue weighted by atomic mass is 10.2. The van der Waals surface area contributed by atoms with E-state index < -0.39 is 0 Å². The highest BCUT2D eigenvalue weighted by molar-refractivity contribution is 7.15. The highest BCUT2D eigenvalue weighted by Gasteiger charge is 2.37. The van der Waals surface area contributed by atoms with E-state index in [4.69, 9.17) is 5.73 Å². The zero-order chi connectivity index (χ0) is 11.1. The van der Waals surface area contributed by atoms with Gasteiger partial charge in [-0.2, -0.15) is 0 Å². The molecule has 16 heavy (non-hydrogen) atoms. The standard InChI is InChI=1S/C12H12N2OS/c13-9-5-8(9)12-14-6-11(16-12)7-3-1-2-4-10(7)15/h1-4,6,8-9,15H,5,13H2/t8-,9+/m1/s1. The maximum atomic E-state index is 9.73. The Bertz CT molecular complexity index is 523. The van der Waals surface area contributed by atoms with Crippen LogP contribution in [-0.2, 0) is 0 Å². The summed E-state index contributed by atoms with van der Waals surface area (Å²) in [5.74, 6) is 0.738. The second-order valence-electron chi connectivity index (χ2n) is 4.09. The fourth-order valence-corrected chi connectivity index (χ4v) is 2.91. The van der Waals surface area contributed by atoms with Crippen LogP contribution in [0.2, 0.25) is 0 Å². The number of thiazole rings is 1. The van der Waals surface area contributed by atoms with Crippen molar-refractivity contribution in [2.24, 2.45) is 5.73 Å².